The highest BCUT2D eigenvalue weighted by Crippen LogP contribution is 2.54. The van der Waals surface area contributed by atoms with E-state index in [0.29, 0.717) is 11.8 Å². The zero-order chi connectivity index (χ0) is 14.8. The summed E-state index contributed by atoms with van der Waals surface area (Å²) in [6, 6.07) is 16.9. The summed E-state index contributed by atoms with van der Waals surface area (Å²) in [5, 5.41) is 0. The minimum absolute atomic E-state index is 0.164. The second-order valence-electron chi connectivity index (χ2n) is 5.46. The van der Waals surface area contributed by atoms with Crippen LogP contribution in [-0.2, 0) is 0 Å². The van der Waals surface area contributed by atoms with Gasteiger partial charge in [-0.3, -0.25) is 11.3 Å². The van der Waals surface area contributed by atoms with Gasteiger partial charge in [0, 0.05) is 6.04 Å². The molecule has 0 saturated heterocycles. The predicted octanol–water partition coefficient (Wildman–Crippen LogP) is 3.77. The van der Waals surface area contributed by atoms with Crippen LogP contribution in [0.25, 0.3) is 0 Å². The van der Waals surface area contributed by atoms with Gasteiger partial charge in [-0.25, -0.2) is 0 Å². The van der Waals surface area contributed by atoms with E-state index in [1.807, 2.05) is 6.07 Å². The van der Waals surface area contributed by atoms with E-state index in [0.717, 1.165) is 10.2 Å². The Morgan fingerprint density at radius 1 is 1.24 bits per heavy atom. The van der Waals surface area contributed by atoms with E-state index in [4.69, 9.17) is 10.6 Å². The van der Waals surface area contributed by atoms with Gasteiger partial charge in [-0.2, -0.15) is 0 Å². The van der Waals surface area contributed by atoms with E-state index < -0.39 is 0 Å². The molecule has 3 nitrogen and oxygen atoms in total. The SMILES string of the molecule is COc1ccc(C(NN)C2CC2c2ccccc2)cc1Br. The molecule has 110 valence electrons. The first-order valence-electron chi connectivity index (χ1n) is 7.09. The summed E-state index contributed by atoms with van der Waals surface area (Å²) in [4.78, 5) is 0. The summed E-state index contributed by atoms with van der Waals surface area (Å²) in [5.74, 6) is 7.78. The van der Waals surface area contributed by atoms with E-state index in [-0.39, 0.29) is 6.04 Å². The molecule has 0 aromatic heterocycles. The van der Waals surface area contributed by atoms with E-state index in [9.17, 15) is 0 Å². The third-order valence-corrected chi connectivity index (χ3v) is 4.83. The quantitative estimate of drug-likeness (QED) is 0.639. The number of rotatable bonds is 5. The highest BCUT2D eigenvalue weighted by molar-refractivity contribution is 9.10. The van der Waals surface area contributed by atoms with Gasteiger partial charge in [0.2, 0.25) is 0 Å². The van der Waals surface area contributed by atoms with Gasteiger partial charge in [0.05, 0.1) is 11.6 Å². The van der Waals surface area contributed by atoms with Crippen LogP contribution >= 0.6 is 15.9 Å². The first-order valence-corrected chi connectivity index (χ1v) is 7.88. The summed E-state index contributed by atoms with van der Waals surface area (Å²) in [7, 11) is 1.67. The van der Waals surface area contributed by atoms with Crippen LogP contribution in [0.3, 0.4) is 0 Å². The number of nitrogens with two attached hydrogens (primary N) is 1. The zero-order valence-electron chi connectivity index (χ0n) is 11.9. The molecular weight excluding hydrogens is 328 g/mol. The van der Waals surface area contributed by atoms with Crippen molar-refractivity contribution in [3.05, 3.63) is 64.1 Å². The van der Waals surface area contributed by atoms with Crippen molar-refractivity contribution in [3.63, 3.8) is 0 Å². The molecule has 0 radical (unpaired) electrons. The van der Waals surface area contributed by atoms with Crippen molar-refractivity contribution in [1.29, 1.82) is 0 Å². The lowest BCUT2D eigenvalue weighted by Crippen LogP contribution is -2.29. The maximum Gasteiger partial charge on any atom is 0.133 e. The number of nitrogens with one attached hydrogen (secondary N) is 1. The normalized spacial score (nSPS) is 21.9. The average Bonchev–Trinajstić information content (AvgIpc) is 3.30. The molecule has 4 heteroatoms. The molecular formula is C17H19BrN2O. The zero-order valence-corrected chi connectivity index (χ0v) is 13.5. The van der Waals surface area contributed by atoms with Crippen LogP contribution in [0.4, 0.5) is 0 Å². The van der Waals surface area contributed by atoms with Crippen molar-refractivity contribution >= 4 is 15.9 Å². The molecule has 2 aromatic rings. The summed E-state index contributed by atoms with van der Waals surface area (Å²) in [6.45, 7) is 0. The molecule has 0 bridgehead atoms. The Morgan fingerprint density at radius 3 is 2.62 bits per heavy atom. The standard InChI is InChI=1S/C17H19BrN2O/c1-21-16-8-7-12(9-15(16)18)17(20-19)14-10-13(14)11-5-3-2-4-6-11/h2-9,13-14,17,20H,10,19H2,1H3. The van der Waals surface area contributed by atoms with Crippen LogP contribution in [-0.4, -0.2) is 7.11 Å². The van der Waals surface area contributed by atoms with Gasteiger partial charge < -0.3 is 4.74 Å². The summed E-state index contributed by atoms with van der Waals surface area (Å²) in [6.07, 6.45) is 1.17. The van der Waals surface area contributed by atoms with Crippen molar-refractivity contribution < 1.29 is 4.74 Å². The van der Waals surface area contributed by atoms with Crippen molar-refractivity contribution in [3.8, 4) is 5.75 Å². The Bertz CT molecular complexity index is 617. The van der Waals surface area contributed by atoms with E-state index in [1.54, 1.807) is 7.11 Å². The van der Waals surface area contributed by atoms with Crippen molar-refractivity contribution in [2.75, 3.05) is 7.11 Å². The molecule has 0 amide bonds. The molecule has 21 heavy (non-hydrogen) atoms. The first kappa shape index (κ1) is 14.6. The molecule has 3 unspecified atom stereocenters. The highest BCUT2D eigenvalue weighted by Gasteiger charge is 2.44. The monoisotopic (exact) mass is 346 g/mol. The van der Waals surface area contributed by atoms with Gasteiger partial charge in [0.15, 0.2) is 0 Å². The van der Waals surface area contributed by atoms with Crippen LogP contribution in [0.2, 0.25) is 0 Å². The maximum absolute atomic E-state index is 5.81. The van der Waals surface area contributed by atoms with E-state index in [1.165, 1.54) is 17.5 Å². The van der Waals surface area contributed by atoms with Crippen molar-refractivity contribution in [2.45, 2.75) is 18.4 Å². The number of methoxy groups -OCH3 is 1. The van der Waals surface area contributed by atoms with Crippen LogP contribution in [0.1, 0.15) is 29.5 Å². The van der Waals surface area contributed by atoms with Crippen LogP contribution in [0.15, 0.2) is 53.0 Å². The Morgan fingerprint density at radius 2 is 2.00 bits per heavy atom. The third-order valence-electron chi connectivity index (χ3n) is 4.21. The molecule has 1 saturated carbocycles. The highest BCUT2D eigenvalue weighted by atomic mass is 79.9. The van der Waals surface area contributed by atoms with Gasteiger partial charge in [-0.05, 0) is 57.4 Å². The molecule has 0 aliphatic heterocycles. The van der Waals surface area contributed by atoms with E-state index in [2.05, 4.69) is 63.8 Å². The second-order valence-corrected chi connectivity index (χ2v) is 6.31. The fourth-order valence-electron chi connectivity index (χ4n) is 3.01. The number of hydrazine groups is 1. The van der Waals surface area contributed by atoms with Gasteiger partial charge in [0.1, 0.15) is 5.75 Å². The topological polar surface area (TPSA) is 47.3 Å². The number of halogens is 1. The number of hydrogen-bond donors (Lipinski definition) is 2. The molecule has 3 rings (SSSR count). The molecule has 1 aliphatic carbocycles. The van der Waals surface area contributed by atoms with Gasteiger partial charge in [0.25, 0.3) is 0 Å². The Kier molecular flexibility index (Phi) is 4.29. The lowest BCUT2D eigenvalue weighted by Gasteiger charge is -2.18. The van der Waals surface area contributed by atoms with Crippen LogP contribution < -0.4 is 16.0 Å². The largest absolute Gasteiger partial charge is 0.496 e. The molecule has 1 fully saturated rings. The molecule has 3 atom stereocenters. The fraction of sp³-hybridized carbons (Fsp3) is 0.294. The molecule has 0 heterocycles. The Labute approximate surface area is 133 Å². The van der Waals surface area contributed by atoms with Gasteiger partial charge in [-0.1, -0.05) is 36.4 Å². The molecule has 2 aromatic carbocycles. The van der Waals surface area contributed by atoms with Crippen molar-refractivity contribution in [2.24, 2.45) is 11.8 Å². The minimum Gasteiger partial charge on any atom is -0.496 e. The van der Waals surface area contributed by atoms with Crippen molar-refractivity contribution in [1.82, 2.24) is 5.43 Å². The molecule has 3 N–H and O–H groups in total. The molecule has 1 aliphatic rings. The second kappa shape index (κ2) is 6.18. The van der Waals surface area contributed by atoms with Gasteiger partial charge >= 0.3 is 0 Å². The maximum atomic E-state index is 5.81. The average molecular weight is 347 g/mol. The van der Waals surface area contributed by atoms with Gasteiger partial charge in [-0.15, -0.1) is 0 Å². The number of benzene rings is 2. The van der Waals surface area contributed by atoms with E-state index >= 15 is 0 Å². The summed E-state index contributed by atoms with van der Waals surface area (Å²) >= 11 is 3.54. The third kappa shape index (κ3) is 2.98. The lowest BCUT2D eigenvalue weighted by atomic mass is 9.99. The smallest absolute Gasteiger partial charge is 0.133 e. The number of hydrogen-bond acceptors (Lipinski definition) is 3. The van der Waals surface area contributed by atoms with Crippen LogP contribution in [0, 0.1) is 5.92 Å². The number of ether oxygens (including phenoxy) is 1. The Balaban J connectivity index is 1.79. The lowest BCUT2D eigenvalue weighted by molar-refractivity contribution is 0.411. The molecule has 0 spiro atoms. The first-order chi connectivity index (χ1) is 10.2. The summed E-state index contributed by atoms with van der Waals surface area (Å²) < 4.78 is 6.24. The predicted molar refractivity (Wildman–Crippen MR) is 88.0 cm³/mol. The summed E-state index contributed by atoms with van der Waals surface area (Å²) in [5.41, 5.74) is 5.57. The minimum atomic E-state index is 0.164. The fourth-order valence-corrected chi connectivity index (χ4v) is 3.57. The Hall–Kier alpha value is -1.36. The van der Waals surface area contributed by atoms with Crippen LogP contribution in [0.5, 0.6) is 5.75 Å².